The molecule has 0 N–H and O–H groups in total. The Kier molecular flexibility index (Phi) is 7.69. The Morgan fingerprint density at radius 1 is 0.606 bits per heavy atom. The number of fused-ring (bicyclic) bond motifs is 3. The number of hydrogen-bond acceptors (Lipinski definition) is 5. The predicted molar refractivity (Wildman–Crippen MR) is 135 cm³/mol. The molecule has 0 unspecified atom stereocenters. The van der Waals surface area contributed by atoms with Crippen molar-refractivity contribution in [3.8, 4) is 11.5 Å². The molecule has 178 valence electrons. The summed E-state index contributed by atoms with van der Waals surface area (Å²) in [5.74, 6) is 1.77. The Hall–Kier alpha value is -2.24. The molecule has 2 aromatic carbocycles. The Labute approximate surface area is 197 Å². The van der Waals surface area contributed by atoms with Crippen molar-refractivity contribution >= 4 is 21.9 Å². The molecule has 5 heteroatoms. The zero-order valence-electron chi connectivity index (χ0n) is 19.9. The summed E-state index contributed by atoms with van der Waals surface area (Å²) in [7, 11) is 0. The summed E-state index contributed by atoms with van der Waals surface area (Å²) < 4.78 is 18.2. The first-order valence-corrected chi connectivity index (χ1v) is 13.0. The van der Waals surface area contributed by atoms with E-state index >= 15 is 0 Å². The molecule has 2 aliphatic rings. The van der Waals surface area contributed by atoms with Crippen molar-refractivity contribution < 1.29 is 13.9 Å². The van der Waals surface area contributed by atoms with Crippen molar-refractivity contribution in [3.05, 3.63) is 36.4 Å². The summed E-state index contributed by atoms with van der Waals surface area (Å²) in [6.45, 7) is 8.74. The van der Waals surface area contributed by atoms with Crippen LogP contribution in [0.1, 0.15) is 51.4 Å². The van der Waals surface area contributed by atoms with Crippen molar-refractivity contribution in [3.63, 3.8) is 0 Å². The van der Waals surface area contributed by atoms with Crippen molar-refractivity contribution in [2.75, 3.05) is 52.5 Å². The second-order valence-electron chi connectivity index (χ2n) is 9.63. The van der Waals surface area contributed by atoms with Gasteiger partial charge in [0.05, 0.1) is 13.2 Å². The lowest BCUT2D eigenvalue weighted by Gasteiger charge is -2.26. The summed E-state index contributed by atoms with van der Waals surface area (Å²) in [5, 5.41) is 2.25. The maximum Gasteiger partial charge on any atom is 0.139 e. The van der Waals surface area contributed by atoms with Crippen LogP contribution in [0.2, 0.25) is 0 Å². The summed E-state index contributed by atoms with van der Waals surface area (Å²) in [5.41, 5.74) is 1.75. The van der Waals surface area contributed by atoms with Gasteiger partial charge in [-0.2, -0.15) is 0 Å². The van der Waals surface area contributed by atoms with E-state index in [1.54, 1.807) is 0 Å². The van der Waals surface area contributed by atoms with Gasteiger partial charge in [-0.05, 0) is 89.0 Å². The number of furan rings is 1. The van der Waals surface area contributed by atoms with Gasteiger partial charge in [-0.15, -0.1) is 0 Å². The van der Waals surface area contributed by atoms with Crippen LogP contribution in [0.4, 0.5) is 0 Å². The topological polar surface area (TPSA) is 38.1 Å². The molecule has 0 radical (unpaired) electrons. The highest BCUT2D eigenvalue weighted by Crippen LogP contribution is 2.33. The van der Waals surface area contributed by atoms with E-state index in [0.717, 1.165) is 72.6 Å². The van der Waals surface area contributed by atoms with Crippen molar-refractivity contribution in [2.45, 2.75) is 51.4 Å². The number of hydrogen-bond donors (Lipinski definition) is 0. The SMILES string of the molecule is c1cc2c(cc1OCCCN1CCCCC1)oc1cc(OCCCN3CCCCC3)ccc12. The summed E-state index contributed by atoms with van der Waals surface area (Å²) in [6, 6.07) is 12.4. The van der Waals surface area contributed by atoms with Crippen molar-refractivity contribution in [1.82, 2.24) is 9.80 Å². The minimum atomic E-state index is 0.748. The minimum Gasteiger partial charge on any atom is -0.493 e. The molecule has 1 aromatic heterocycles. The highest BCUT2D eigenvalue weighted by Gasteiger charge is 2.12. The Morgan fingerprint density at radius 2 is 1.06 bits per heavy atom. The van der Waals surface area contributed by atoms with Crippen LogP contribution in [0.3, 0.4) is 0 Å². The van der Waals surface area contributed by atoms with E-state index in [9.17, 15) is 0 Å². The Morgan fingerprint density at radius 3 is 1.52 bits per heavy atom. The van der Waals surface area contributed by atoms with E-state index in [1.807, 2.05) is 12.1 Å². The van der Waals surface area contributed by atoms with Gasteiger partial charge in [0.15, 0.2) is 0 Å². The van der Waals surface area contributed by atoms with Gasteiger partial charge in [-0.3, -0.25) is 0 Å². The van der Waals surface area contributed by atoms with E-state index in [2.05, 4.69) is 34.1 Å². The first-order valence-electron chi connectivity index (χ1n) is 13.0. The van der Waals surface area contributed by atoms with Gasteiger partial charge < -0.3 is 23.7 Å². The maximum absolute atomic E-state index is 6.16. The summed E-state index contributed by atoms with van der Waals surface area (Å²) in [4.78, 5) is 5.12. The average Bonchev–Trinajstić information content (AvgIpc) is 3.23. The highest BCUT2D eigenvalue weighted by molar-refractivity contribution is 6.05. The van der Waals surface area contributed by atoms with E-state index in [-0.39, 0.29) is 0 Å². The fourth-order valence-electron chi connectivity index (χ4n) is 5.24. The van der Waals surface area contributed by atoms with E-state index < -0.39 is 0 Å². The molecule has 2 saturated heterocycles. The molecule has 2 fully saturated rings. The number of nitrogens with zero attached hydrogens (tertiary/aromatic N) is 2. The van der Waals surface area contributed by atoms with Crippen LogP contribution >= 0.6 is 0 Å². The maximum atomic E-state index is 6.16. The molecule has 2 aliphatic heterocycles. The van der Waals surface area contributed by atoms with Crippen LogP contribution in [0.15, 0.2) is 40.8 Å². The van der Waals surface area contributed by atoms with E-state index in [1.165, 1.54) is 64.7 Å². The summed E-state index contributed by atoms with van der Waals surface area (Å²) in [6.07, 6.45) is 10.3. The van der Waals surface area contributed by atoms with Crippen LogP contribution in [0.25, 0.3) is 21.9 Å². The first kappa shape index (κ1) is 22.5. The first-order chi connectivity index (χ1) is 16.3. The van der Waals surface area contributed by atoms with Crippen LogP contribution in [0, 0.1) is 0 Å². The molecule has 33 heavy (non-hydrogen) atoms. The van der Waals surface area contributed by atoms with Crippen LogP contribution in [-0.4, -0.2) is 62.3 Å². The second kappa shape index (κ2) is 11.3. The summed E-state index contributed by atoms with van der Waals surface area (Å²) >= 11 is 0. The number of piperidine rings is 2. The molecule has 0 spiro atoms. The van der Waals surface area contributed by atoms with Crippen molar-refractivity contribution in [1.29, 1.82) is 0 Å². The van der Waals surface area contributed by atoms with Crippen LogP contribution in [-0.2, 0) is 0 Å². The zero-order chi connectivity index (χ0) is 22.3. The monoisotopic (exact) mass is 450 g/mol. The normalized spacial score (nSPS) is 18.2. The van der Waals surface area contributed by atoms with Gasteiger partial charge in [0.2, 0.25) is 0 Å². The molecule has 0 aliphatic carbocycles. The molecule has 5 nitrogen and oxygen atoms in total. The lowest BCUT2D eigenvalue weighted by atomic mass is 10.1. The van der Waals surface area contributed by atoms with Crippen molar-refractivity contribution in [2.24, 2.45) is 0 Å². The van der Waals surface area contributed by atoms with Gasteiger partial charge in [0.25, 0.3) is 0 Å². The Balaban J connectivity index is 1.13. The second-order valence-corrected chi connectivity index (χ2v) is 9.63. The standard InChI is InChI=1S/C28H38N2O3/c1-3-13-29(14-4-1)17-7-19-31-23-9-11-25-26-12-10-24(22-28(26)33-27(25)21-23)32-20-8-18-30-15-5-2-6-16-30/h9-12,21-22H,1-8,13-20H2. The Bertz CT molecular complexity index is 938. The van der Waals surface area contributed by atoms with Gasteiger partial charge in [0.1, 0.15) is 22.7 Å². The lowest BCUT2D eigenvalue weighted by Crippen LogP contribution is -2.31. The fourth-order valence-corrected chi connectivity index (χ4v) is 5.24. The molecular weight excluding hydrogens is 412 g/mol. The van der Waals surface area contributed by atoms with E-state index in [0.29, 0.717) is 0 Å². The number of ether oxygens (including phenoxy) is 2. The highest BCUT2D eigenvalue weighted by atomic mass is 16.5. The van der Waals surface area contributed by atoms with E-state index in [4.69, 9.17) is 13.9 Å². The smallest absolute Gasteiger partial charge is 0.139 e. The average molecular weight is 451 g/mol. The molecule has 0 amide bonds. The quantitative estimate of drug-likeness (QED) is 0.349. The van der Waals surface area contributed by atoms with Gasteiger partial charge in [0, 0.05) is 36.0 Å². The third kappa shape index (κ3) is 6.01. The van der Waals surface area contributed by atoms with Crippen LogP contribution in [0.5, 0.6) is 11.5 Å². The van der Waals surface area contributed by atoms with Gasteiger partial charge in [-0.1, -0.05) is 12.8 Å². The van der Waals surface area contributed by atoms with Gasteiger partial charge in [-0.25, -0.2) is 0 Å². The number of benzene rings is 2. The molecular formula is C28H38N2O3. The number of likely N-dealkylation sites (tertiary alicyclic amines) is 2. The molecule has 0 bridgehead atoms. The largest absolute Gasteiger partial charge is 0.493 e. The predicted octanol–water partition coefficient (Wildman–Crippen LogP) is 6.10. The number of rotatable bonds is 10. The molecule has 0 atom stereocenters. The minimum absolute atomic E-state index is 0.748. The zero-order valence-corrected chi connectivity index (χ0v) is 19.9. The molecule has 5 rings (SSSR count). The van der Waals surface area contributed by atoms with Crippen LogP contribution < -0.4 is 9.47 Å². The lowest BCUT2D eigenvalue weighted by molar-refractivity contribution is 0.205. The fraction of sp³-hybridized carbons (Fsp3) is 0.571. The third-order valence-corrected chi connectivity index (χ3v) is 7.09. The molecule has 0 saturated carbocycles. The molecule has 3 aromatic rings. The van der Waals surface area contributed by atoms with Gasteiger partial charge >= 0.3 is 0 Å². The third-order valence-electron chi connectivity index (χ3n) is 7.09. The molecule has 3 heterocycles.